The van der Waals surface area contributed by atoms with Crippen LogP contribution < -0.4 is 21.1 Å². The van der Waals surface area contributed by atoms with Crippen molar-refractivity contribution >= 4 is 58.6 Å². The maximum atomic E-state index is 13.3. The average Bonchev–Trinajstić information content (AvgIpc) is 3.73. The third-order valence-electron chi connectivity index (χ3n) is 9.62. The number of thiophene rings is 1. The van der Waals surface area contributed by atoms with Crippen molar-refractivity contribution in [1.82, 2.24) is 30.3 Å². The topological polar surface area (TPSA) is 211 Å². The van der Waals surface area contributed by atoms with Gasteiger partial charge < -0.3 is 31.0 Å². The first kappa shape index (κ1) is 39.2. The van der Waals surface area contributed by atoms with E-state index in [4.69, 9.17) is 27.1 Å². The molecule has 4 heterocycles. The summed E-state index contributed by atoms with van der Waals surface area (Å²) in [5.74, 6) is -0.729. The lowest BCUT2D eigenvalue weighted by molar-refractivity contribution is -0.126. The first-order valence-electron chi connectivity index (χ1n) is 17.8. The summed E-state index contributed by atoms with van der Waals surface area (Å²) in [5, 5.41) is 27.1. The van der Waals surface area contributed by atoms with Gasteiger partial charge in [0.15, 0.2) is 18.7 Å². The molecule has 0 aliphatic carbocycles. The molecule has 0 spiro atoms. The Labute approximate surface area is 325 Å². The number of aliphatic imine (C=N–C) groups is 1. The number of rotatable bonds is 16. The Kier molecular flexibility index (Phi) is 12.1. The Bertz CT molecular complexity index is 2170. The van der Waals surface area contributed by atoms with Crippen LogP contribution in [0.15, 0.2) is 47.5 Å². The number of nitrogens with one attached hydrogen (secondary N) is 2. The van der Waals surface area contributed by atoms with Gasteiger partial charge in [-0.3, -0.25) is 33.6 Å². The SMILES string of the molecule is Cc1sc2c(c1C)C(c1ccc(Cl)cc1)=NC(CC(=O)NCCCCNC(=O)COc1cccc3c1C(O)N(C(CCC=O)C(N)=O)C3=O)c1nnc(C)n1-2. The van der Waals surface area contributed by atoms with Crippen LogP contribution in [0.25, 0.3) is 5.00 Å². The molecule has 6 rings (SSSR count). The molecule has 3 unspecified atom stereocenters. The molecule has 0 saturated carbocycles. The van der Waals surface area contributed by atoms with E-state index in [0.29, 0.717) is 48.9 Å². The Morgan fingerprint density at radius 1 is 1.05 bits per heavy atom. The van der Waals surface area contributed by atoms with Crippen LogP contribution >= 0.6 is 22.9 Å². The van der Waals surface area contributed by atoms with Gasteiger partial charge in [-0.15, -0.1) is 21.5 Å². The Hall–Kier alpha value is -5.45. The number of aryl methyl sites for hydroxylation is 2. The number of aldehydes is 1. The zero-order chi connectivity index (χ0) is 39.4. The highest BCUT2D eigenvalue weighted by molar-refractivity contribution is 7.15. The van der Waals surface area contributed by atoms with E-state index in [-0.39, 0.29) is 42.0 Å². The van der Waals surface area contributed by atoms with E-state index in [2.05, 4.69) is 34.7 Å². The molecule has 288 valence electrons. The maximum Gasteiger partial charge on any atom is 0.257 e. The van der Waals surface area contributed by atoms with Gasteiger partial charge in [-0.05, 0) is 69.9 Å². The van der Waals surface area contributed by atoms with Crippen LogP contribution in [-0.2, 0) is 19.2 Å². The number of aromatic nitrogens is 3. The number of halogens is 1. The number of aliphatic hydroxyl groups is 1. The summed E-state index contributed by atoms with van der Waals surface area (Å²) < 4.78 is 7.67. The molecule has 3 atom stereocenters. The molecule has 2 aliphatic heterocycles. The minimum atomic E-state index is -1.55. The van der Waals surface area contributed by atoms with Gasteiger partial charge in [-0.1, -0.05) is 29.8 Å². The van der Waals surface area contributed by atoms with Crippen molar-refractivity contribution in [3.05, 3.63) is 91.8 Å². The molecule has 0 bridgehead atoms. The van der Waals surface area contributed by atoms with Crippen molar-refractivity contribution in [1.29, 1.82) is 0 Å². The predicted octanol–water partition coefficient (Wildman–Crippen LogP) is 3.56. The number of primary amides is 1. The maximum absolute atomic E-state index is 13.3. The van der Waals surface area contributed by atoms with Gasteiger partial charge in [-0.25, -0.2) is 0 Å². The van der Waals surface area contributed by atoms with Gasteiger partial charge in [0.25, 0.3) is 11.8 Å². The average molecular weight is 789 g/mol. The van der Waals surface area contributed by atoms with Crippen LogP contribution in [0.4, 0.5) is 0 Å². The van der Waals surface area contributed by atoms with Crippen molar-refractivity contribution in [3.8, 4) is 10.8 Å². The van der Waals surface area contributed by atoms with Gasteiger partial charge in [0.05, 0.1) is 23.3 Å². The second kappa shape index (κ2) is 16.9. The monoisotopic (exact) mass is 788 g/mol. The van der Waals surface area contributed by atoms with Crippen molar-refractivity contribution in [3.63, 3.8) is 0 Å². The second-order valence-electron chi connectivity index (χ2n) is 13.3. The van der Waals surface area contributed by atoms with E-state index in [1.54, 1.807) is 11.3 Å². The third kappa shape index (κ3) is 8.16. The molecule has 2 aliphatic rings. The van der Waals surface area contributed by atoms with Crippen LogP contribution in [0.5, 0.6) is 5.75 Å². The molecule has 2 aromatic heterocycles. The largest absolute Gasteiger partial charge is 0.483 e. The number of unbranched alkanes of at least 4 members (excludes halogenated alkanes) is 1. The van der Waals surface area contributed by atoms with Crippen molar-refractivity contribution in [2.45, 2.75) is 71.2 Å². The van der Waals surface area contributed by atoms with Crippen LogP contribution in [0.3, 0.4) is 0 Å². The van der Waals surface area contributed by atoms with Gasteiger partial charge in [0.2, 0.25) is 11.8 Å². The van der Waals surface area contributed by atoms with Crippen LogP contribution in [0.1, 0.15) is 93.5 Å². The van der Waals surface area contributed by atoms with Gasteiger partial charge in [0, 0.05) is 40.5 Å². The summed E-state index contributed by atoms with van der Waals surface area (Å²) in [6.07, 6.45) is 0.188. The van der Waals surface area contributed by atoms with Gasteiger partial charge >= 0.3 is 0 Å². The number of hydrogen-bond acceptors (Lipinski definition) is 11. The first-order valence-corrected chi connectivity index (χ1v) is 19.0. The minimum Gasteiger partial charge on any atom is -0.483 e. The van der Waals surface area contributed by atoms with E-state index >= 15 is 0 Å². The lowest BCUT2D eigenvalue weighted by Crippen LogP contribution is -2.46. The number of amides is 4. The Morgan fingerprint density at radius 3 is 2.45 bits per heavy atom. The quantitative estimate of drug-likeness (QED) is 0.0965. The molecule has 17 heteroatoms. The van der Waals surface area contributed by atoms with E-state index < -0.39 is 42.6 Å². The van der Waals surface area contributed by atoms with Crippen molar-refractivity contribution < 1.29 is 33.8 Å². The number of nitrogens with zero attached hydrogens (tertiary/aromatic N) is 5. The predicted molar refractivity (Wildman–Crippen MR) is 204 cm³/mol. The molecule has 4 amide bonds. The number of nitrogens with two attached hydrogens (primary N) is 1. The summed E-state index contributed by atoms with van der Waals surface area (Å²) >= 11 is 7.84. The lowest BCUT2D eigenvalue weighted by atomic mass is 9.99. The van der Waals surface area contributed by atoms with Gasteiger partial charge in [0.1, 0.15) is 34.9 Å². The highest BCUT2D eigenvalue weighted by Crippen LogP contribution is 2.41. The Morgan fingerprint density at radius 2 is 1.76 bits per heavy atom. The van der Waals surface area contributed by atoms with E-state index in [1.807, 2.05) is 35.8 Å². The van der Waals surface area contributed by atoms with Gasteiger partial charge in [-0.2, -0.15) is 0 Å². The van der Waals surface area contributed by atoms with Crippen LogP contribution in [-0.4, -0.2) is 86.1 Å². The van der Waals surface area contributed by atoms with E-state index in [0.717, 1.165) is 37.2 Å². The number of carbonyl (C=O) groups excluding carboxylic acids is 5. The fourth-order valence-electron chi connectivity index (χ4n) is 6.75. The number of ether oxygens (including phenoxy) is 1. The first-order chi connectivity index (χ1) is 26.4. The van der Waals surface area contributed by atoms with Crippen LogP contribution in [0.2, 0.25) is 5.02 Å². The number of aliphatic hydroxyl groups excluding tert-OH is 1. The summed E-state index contributed by atoms with van der Waals surface area (Å²) in [4.78, 5) is 69.1. The molecule has 5 N–H and O–H groups in total. The summed E-state index contributed by atoms with van der Waals surface area (Å²) in [5.41, 5.74) is 9.43. The fraction of sp³-hybridized carbons (Fsp3) is 0.368. The number of benzene rings is 2. The number of carbonyl (C=O) groups is 5. The standard InChI is InChI=1S/C38H41ClN8O7S/c1-20-21(2)55-38-31(20)33(23-11-13-24(39)14-12-23)43-26(35-45-44-22(3)46(35)38)18-29(49)41-15-4-5-16-42-30(50)19-54-28-10-6-8-25-32(28)37(53)47(36(25)52)27(34(40)51)9-7-17-48/h6,8,10-14,17,26-27,37,53H,4-5,7,9,15-16,18-19H2,1-3H3,(H2,40,51)(H,41,49)(H,42,50). The minimum absolute atomic E-state index is 0.0283. The smallest absolute Gasteiger partial charge is 0.257 e. The Balaban J connectivity index is 1.00. The number of hydrogen-bond donors (Lipinski definition) is 4. The van der Waals surface area contributed by atoms with E-state index in [9.17, 15) is 29.1 Å². The molecule has 0 radical (unpaired) electrons. The molecule has 0 saturated heterocycles. The van der Waals surface area contributed by atoms with E-state index in [1.165, 1.54) is 18.2 Å². The molecule has 15 nitrogen and oxygen atoms in total. The molecule has 4 aromatic rings. The third-order valence-corrected chi connectivity index (χ3v) is 11.1. The highest BCUT2D eigenvalue weighted by atomic mass is 35.5. The normalized spacial score (nSPS) is 16.3. The summed E-state index contributed by atoms with van der Waals surface area (Å²) in [6.45, 7) is 6.32. The molecular weight excluding hydrogens is 748 g/mol. The molecule has 0 fully saturated rings. The fourth-order valence-corrected chi connectivity index (χ4v) is 8.09. The lowest BCUT2D eigenvalue weighted by Gasteiger charge is -2.28. The number of fused-ring (bicyclic) bond motifs is 4. The summed E-state index contributed by atoms with van der Waals surface area (Å²) in [7, 11) is 0. The molecule has 2 aromatic carbocycles. The van der Waals surface area contributed by atoms with Crippen molar-refractivity contribution in [2.24, 2.45) is 10.7 Å². The summed E-state index contributed by atoms with van der Waals surface area (Å²) in [6, 6.07) is 10.2. The molecule has 55 heavy (non-hydrogen) atoms. The van der Waals surface area contributed by atoms with Crippen LogP contribution in [0, 0.1) is 20.8 Å². The zero-order valence-corrected chi connectivity index (χ0v) is 32.1. The second-order valence-corrected chi connectivity index (χ2v) is 14.9. The van der Waals surface area contributed by atoms with Crippen molar-refractivity contribution in [2.75, 3.05) is 19.7 Å². The zero-order valence-electron chi connectivity index (χ0n) is 30.5. The highest BCUT2D eigenvalue weighted by Gasteiger charge is 2.43. The molecular formula is C38H41ClN8O7S.